The highest BCUT2D eigenvalue weighted by atomic mass is 32.1. The van der Waals surface area contributed by atoms with Crippen LogP contribution >= 0.6 is 22.7 Å². The van der Waals surface area contributed by atoms with Gasteiger partial charge in [0.2, 0.25) is 11.8 Å². The molecule has 34 heavy (non-hydrogen) atoms. The van der Waals surface area contributed by atoms with Gasteiger partial charge in [0.25, 0.3) is 0 Å². The number of hydrogen-bond donors (Lipinski definition) is 2. The number of hydrogen-bond acceptors (Lipinski definition) is 8. The third-order valence-electron chi connectivity index (χ3n) is 5.70. The molecule has 0 fully saturated rings. The molecule has 0 radical (unpaired) electrons. The van der Waals surface area contributed by atoms with Crippen LogP contribution in [0.2, 0.25) is 0 Å². The summed E-state index contributed by atoms with van der Waals surface area (Å²) in [5.74, 6) is -0.133. The SMILES string of the molecule is CC(C)N(CC(=O)Nc1nc2cc3nc(NC(=O)CN(C(C)C)C(C)C)sc3cc2s1)C(C)C. The van der Waals surface area contributed by atoms with Gasteiger partial charge < -0.3 is 10.6 Å². The molecule has 2 aromatic heterocycles. The first kappa shape index (κ1) is 26.5. The lowest BCUT2D eigenvalue weighted by molar-refractivity contribution is -0.119. The van der Waals surface area contributed by atoms with E-state index >= 15 is 0 Å². The quantitative estimate of drug-likeness (QED) is 0.403. The van der Waals surface area contributed by atoms with Crippen LogP contribution in [-0.4, -0.2) is 68.8 Å². The monoisotopic (exact) mass is 504 g/mol. The maximum Gasteiger partial charge on any atom is 0.240 e. The number of rotatable bonds is 10. The Hall–Kier alpha value is -2.14. The summed E-state index contributed by atoms with van der Waals surface area (Å²) in [6.07, 6.45) is 0. The zero-order valence-corrected chi connectivity index (χ0v) is 22.9. The van der Waals surface area contributed by atoms with Gasteiger partial charge in [-0.2, -0.15) is 0 Å². The standard InChI is InChI=1S/C24H36N6O2S2/c1-13(2)29(14(3)4)11-21(31)27-23-25-17-9-18-20(10-19(17)33-23)34-24(26-18)28-22(32)12-30(15(5)6)16(7)8/h9-10,13-16H,11-12H2,1-8H3,(H,25,27,31)(H,26,28,32). The molecular weight excluding hydrogens is 468 g/mol. The van der Waals surface area contributed by atoms with E-state index in [1.165, 1.54) is 22.7 Å². The predicted octanol–water partition coefficient (Wildman–Crippen LogP) is 5.02. The van der Waals surface area contributed by atoms with Crippen LogP contribution in [-0.2, 0) is 9.59 Å². The molecule has 0 atom stereocenters. The van der Waals surface area contributed by atoms with Crippen molar-refractivity contribution in [2.45, 2.75) is 79.6 Å². The number of aromatic nitrogens is 2. The van der Waals surface area contributed by atoms with E-state index in [9.17, 15) is 9.59 Å². The lowest BCUT2D eigenvalue weighted by Gasteiger charge is -2.29. The predicted molar refractivity (Wildman–Crippen MR) is 144 cm³/mol. The third-order valence-corrected chi connectivity index (χ3v) is 7.56. The summed E-state index contributed by atoms with van der Waals surface area (Å²) in [5, 5.41) is 7.05. The van der Waals surface area contributed by atoms with Gasteiger partial charge in [-0.1, -0.05) is 22.7 Å². The van der Waals surface area contributed by atoms with E-state index in [4.69, 9.17) is 0 Å². The van der Waals surface area contributed by atoms with Gasteiger partial charge in [0.05, 0.1) is 33.5 Å². The lowest BCUT2D eigenvalue weighted by Crippen LogP contribution is -2.42. The third kappa shape index (κ3) is 6.50. The van der Waals surface area contributed by atoms with Crippen molar-refractivity contribution in [1.82, 2.24) is 19.8 Å². The molecule has 1 aromatic carbocycles. The number of nitrogens with one attached hydrogen (secondary N) is 2. The van der Waals surface area contributed by atoms with Gasteiger partial charge in [-0.3, -0.25) is 19.4 Å². The first-order valence-electron chi connectivity index (χ1n) is 11.8. The Morgan fingerprint density at radius 2 is 1.06 bits per heavy atom. The van der Waals surface area contributed by atoms with Crippen molar-refractivity contribution in [3.05, 3.63) is 12.1 Å². The molecule has 0 bridgehead atoms. The minimum Gasteiger partial charge on any atom is -0.301 e. The first-order valence-corrected chi connectivity index (χ1v) is 13.4. The Balaban J connectivity index is 1.70. The van der Waals surface area contributed by atoms with Crippen LogP contribution < -0.4 is 10.6 Å². The van der Waals surface area contributed by atoms with E-state index < -0.39 is 0 Å². The normalized spacial score (nSPS) is 12.4. The summed E-state index contributed by atoms with van der Waals surface area (Å²) in [4.78, 5) is 38.6. The van der Waals surface area contributed by atoms with E-state index in [1.807, 2.05) is 12.1 Å². The maximum atomic E-state index is 12.6. The molecule has 2 heterocycles. The average Bonchev–Trinajstić information content (AvgIpc) is 3.28. The largest absolute Gasteiger partial charge is 0.301 e. The molecule has 3 aromatic rings. The van der Waals surface area contributed by atoms with Gasteiger partial charge in [0.1, 0.15) is 0 Å². The molecule has 0 aliphatic carbocycles. The minimum atomic E-state index is -0.0665. The zero-order valence-electron chi connectivity index (χ0n) is 21.3. The second-order valence-corrected chi connectivity index (χ2v) is 11.7. The zero-order chi connectivity index (χ0) is 25.2. The number of thiazole rings is 2. The highest BCUT2D eigenvalue weighted by molar-refractivity contribution is 7.24. The van der Waals surface area contributed by atoms with Crippen molar-refractivity contribution in [2.75, 3.05) is 23.7 Å². The number of carbonyl (C=O) groups excluding carboxylic acids is 2. The molecule has 2 N–H and O–H groups in total. The Labute approximate surface area is 209 Å². The Kier molecular flexibility index (Phi) is 8.62. The Morgan fingerprint density at radius 3 is 1.38 bits per heavy atom. The van der Waals surface area contributed by atoms with E-state index in [0.29, 0.717) is 23.4 Å². The van der Waals surface area contributed by atoms with Crippen LogP contribution in [0.1, 0.15) is 55.4 Å². The molecule has 2 amide bonds. The fourth-order valence-corrected chi connectivity index (χ4v) is 5.91. The molecule has 0 spiro atoms. The highest BCUT2D eigenvalue weighted by Gasteiger charge is 2.20. The van der Waals surface area contributed by atoms with Crippen molar-refractivity contribution in [3.8, 4) is 0 Å². The van der Waals surface area contributed by atoms with Gasteiger partial charge >= 0.3 is 0 Å². The number of amides is 2. The fourth-order valence-electron chi connectivity index (χ4n) is 4.03. The van der Waals surface area contributed by atoms with Crippen molar-refractivity contribution >= 4 is 65.2 Å². The molecule has 3 rings (SSSR count). The van der Waals surface area contributed by atoms with Gasteiger partial charge in [0.15, 0.2) is 10.3 Å². The van der Waals surface area contributed by atoms with Crippen LogP contribution in [0.3, 0.4) is 0 Å². The van der Waals surface area contributed by atoms with Crippen molar-refractivity contribution in [2.24, 2.45) is 0 Å². The molecule has 8 nitrogen and oxygen atoms in total. The van der Waals surface area contributed by atoms with Crippen LogP contribution in [0.15, 0.2) is 12.1 Å². The second kappa shape index (κ2) is 11.1. The summed E-state index contributed by atoms with van der Waals surface area (Å²) in [6, 6.07) is 5.07. The number of anilines is 2. The van der Waals surface area contributed by atoms with E-state index in [1.54, 1.807) is 0 Å². The Bertz CT molecular complexity index is 998. The molecule has 0 saturated carbocycles. The molecule has 0 saturated heterocycles. The first-order chi connectivity index (χ1) is 15.9. The van der Waals surface area contributed by atoms with Crippen molar-refractivity contribution in [1.29, 1.82) is 0 Å². The molecule has 0 aliphatic rings. The van der Waals surface area contributed by atoms with E-state index in [2.05, 4.69) is 85.8 Å². The van der Waals surface area contributed by atoms with Gasteiger partial charge in [-0.15, -0.1) is 0 Å². The highest BCUT2D eigenvalue weighted by Crippen LogP contribution is 2.34. The summed E-state index contributed by atoms with van der Waals surface area (Å²) >= 11 is 2.89. The van der Waals surface area contributed by atoms with Gasteiger partial charge in [-0.05, 0) is 67.5 Å². The molecule has 0 unspecified atom stereocenters. The topological polar surface area (TPSA) is 90.5 Å². The van der Waals surface area contributed by atoms with E-state index in [0.717, 1.165) is 20.4 Å². The van der Waals surface area contributed by atoms with Crippen LogP contribution in [0.25, 0.3) is 20.4 Å². The maximum absolute atomic E-state index is 12.6. The summed E-state index contributed by atoms with van der Waals surface area (Å²) in [7, 11) is 0. The Morgan fingerprint density at radius 1 is 0.706 bits per heavy atom. The van der Waals surface area contributed by atoms with Crippen LogP contribution in [0.4, 0.5) is 10.3 Å². The molecular formula is C24H36N6O2S2. The van der Waals surface area contributed by atoms with Gasteiger partial charge in [-0.25, -0.2) is 9.97 Å². The summed E-state index contributed by atoms with van der Waals surface area (Å²) < 4.78 is 1.94. The summed E-state index contributed by atoms with van der Waals surface area (Å²) in [6.45, 7) is 17.4. The van der Waals surface area contributed by atoms with E-state index in [-0.39, 0.29) is 36.0 Å². The molecule has 186 valence electrons. The van der Waals surface area contributed by atoms with Gasteiger partial charge in [0, 0.05) is 24.2 Å². The van der Waals surface area contributed by atoms with Crippen LogP contribution in [0, 0.1) is 0 Å². The number of nitrogens with zero attached hydrogens (tertiary/aromatic N) is 4. The van der Waals surface area contributed by atoms with Crippen molar-refractivity contribution < 1.29 is 9.59 Å². The second-order valence-electron chi connectivity index (χ2n) is 9.64. The fraction of sp³-hybridized carbons (Fsp3) is 0.583. The minimum absolute atomic E-state index is 0.0665. The lowest BCUT2D eigenvalue weighted by atomic mass is 10.2. The smallest absolute Gasteiger partial charge is 0.240 e. The number of carbonyl (C=O) groups is 2. The van der Waals surface area contributed by atoms with Crippen molar-refractivity contribution in [3.63, 3.8) is 0 Å². The molecule has 0 aliphatic heterocycles. The number of benzene rings is 1. The number of fused-ring (bicyclic) bond motifs is 2. The summed E-state index contributed by atoms with van der Waals surface area (Å²) in [5.41, 5.74) is 1.57. The molecule has 10 heteroatoms. The van der Waals surface area contributed by atoms with Crippen LogP contribution in [0.5, 0.6) is 0 Å². The average molecular weight is 505 g/mol.